The summed E-state index contributed by atoms with van der Waals surface area (Å²) in [5.41, 5.74) is 0. The van der Waals surface area contributed by atoms with Crippen LogP contribution in [0.2, 0.25) is 0 Å². The quantitative estimate of drug-likeness (QED) is 0.514. The number of fused-ring (bicyclic) bond motifs is 2. The molecule has 2 fully saturated rings. The molecule has 0 radical (unpaired) electrons. The molecule has 2 heterocycles. The number of primary sulfonamides is 1. The first-order chi connectivity index (χ1) is 8.71. The second kappa shape index (κ2) is 6.12. The van der Waals surface area contributed by atoms with Gasteiger partial charge in [-0.3, -0.25) is 0 Å². The zero-order valence-electron chi connectivity index (χ0n) is 10.6. The zero-order chi connectivity index (χ0) is 14.4. The molecule has 20 heavy (non-hydrogen) atoms. The second-order valence-corrected chi connectivity index (χ2v) is 6.00. The van der Waals surface area contributed by atoms with Crippen molar-refractivity contribution in [2.75, 3.05) is 6.54 Å². The summed E-state index contributed by atoms with van der Waals surface area (Å²) in [5, 5.41) is 14.6. The van der Waals surface area contributed by atoms with E-state index in [1.807, 2.05) is 0 Å². The number of hydrogen-bond donors (Lipinski definition) is 1. The number of piperidine rings is 1. The van der Waals surface area contributed by atoms with Crippen LogP contribution in [0.5, 0.6) is 0 Å². The summed E-state index contributed by atoms with van der Waals surface area (Å²) in [4.78, 5) is 27.3. The number of halogens is 1. The predicted octanol–water partition coefficient (Wildman–Crippen LogP) is -5.52. The van der Waals surface area contributed by atoms with Gasteiger partial charge in [-0.15, -0.1) is 0 Å². The van der Waals surface area contributed by atoms with Gasteiger partial charge in [0.1, 0.15) is 11.3 Å². The molecule has 0 aromatic heterocycles. The summed E-state index contributed by atoms with van der Waals surface area (Å²) in [7, 11) is -3.96. The average Bonchev–Trinajstić information content (AvgIpc) is 2.52. The van der Waals surface area contributed by atoms with Crippen LogP contribution >= 0.6 is 0 Å². The molecular formula is C8H11FN3NaO6S. The van der Waals surface area contributed by atoms with E-state index in [0.717, 1.165) is 4.90 Å². The maximum atomic E-state index is 12.9. The van der Waals surface area contributed by atoms with E-state index in [2.05, 4.69) is 4.84 Å². The molecule has 2 aliphatic heterocycles. The van der Waals surface area contributed by atoms with E-state index in [-0.39, 0.29) is 48.9 Å². The Kier molecular flexibility index (Phi) is 5.38. The number of carboxylic acid groups (broad SMARTS) is 1. The van der Waals surface area contributed by atoms with Crippen molar-refractivity contribution in [3.05, 3.63) is 0 Å². The molecule has 2 amide bonds. The molecule has 0 aromatic carbocycles. The van der Waals surface area contributed by atoms with E-state index in [4.69, 9.17) is 5.14 Å². The molecule has 0 saturated carbocycles. The van der Waals surface area contributed by atoms with Gasteiger partial charge in [-0.2, -0.15) is 5.06 Å². The largest absolute Gasteiger partial charge is 1.00 e. The average molecular weight is 319 g/mol. The van der Waals surface area contributed by atoms with Crippen molar-refractivity contribution < 1.29 is 61.9 Å². The number of aliphatic carboxylic acids is 1. The number of nitrogens with two attached hydrogens (primary N) is 1. The fourth-order valence-corrected chi connectivity index (χ4v) is 3.21. The number of alkyl halides is 1. The summed E-state index contributed by atoms with van der Waals surface area (Å²) < 4.78 is 35.5. The number of hydroxylamine groups is 2. The normalized spacial score (nSPS) is 27.2. The molecule has 0 aliphatic carbocycles. The number of carbonyl (C=O) groups is 2. The van der Waals surface area contributed by atoms with Crippen LogP contribution in [0.25, 0.3) is 0 Å². The number of carbonyl (C=O) groups excluding carboxylic acids is 2. The Morgan fingerprint density at radius 3 is 2.60 bits per heavy atom. The predicted molar refractivity (Wildman–Crippen MR) is 54.8 cm³/mol. The molecule has 3 atom stereocenters. The summed E-state index contributed by atoms with van der Waals surface area (Å²) in [5.74, 6) is -2.12. The van der Waals surface area contributed by atoms with Crippen molar-refractivity contribution in [3.63, 3.8) is 0 Å². The van der Waals surface area contributed by atoms with Gasteiger partial charge in [0.2, 0.25) is 10.0 Å². The summed E-state index contributed by atoms with van der Waals surface area (Å²) in [6.07, 6.45) is -2.50. The molecule has 108 valence electrons. The van der Waals surface area contributed by atoms with E-state index in [9.17, 15) is 27.5 Å². The third kappa shape index (κ3) is 3.23. The minimum Gasteiger partial charge on any atom is -0.544 e. The maximum absolute atomic E-state index is 12.9. The summed E-state index contributed by atoms with van der Waals surface area (Å²) >= 11 is 0. The van der Waals surface area contributed by atoms with E-state index in [1.54, 1.807) is 0 Å². The Morgan fingerprint density at radius 1 is 1.50 bits per heavy atom. The van der Waals surface area contributed by atoms with Crippen molar-refractivity contribution in [3.8, 4) is 0 Å². The van der Waals surface area contributed by atoms with Crippen molar-refractivity contribution in [2.45, 2.75) is 30.6 Å². The Morgan fingerprint density at radius 2 is 2.10 bits per heavy atom. The van der Waals surface area contributed by atoms with E-state index < -0.39 is 39.8 Å². The van der Waals surface area contributed by atoms with Crippen molar-refractivity contribution in [1.29, 1.82) is 0 Å². The van der Waals surface area contributed by atoms with Crippen LogP contribution in [-0.4, -0.2) is 54.7 Å². The van der Waals surface area contributed by atoms with Crippen LogP contribution in [0.4, 0.5) is 9.18 Å². The number of urea groups is 1. The first kappa shape index (κ1) is 17.6. The van der Waals surface area contributed by atoms with Gasteiger partial charge in [0, 0.05) is 6.54 Å². The van der Waals surface area contributed by atoms with Gasteiger partial charge >= 0.3 is 35.6 Å². The van der Waals surface area contributed by atoms with Crippen LogP contribution in [0.1, 0.15) is 12.8 Å². The minimum absolute atomic E-state index is 0. The van der Waals surface area contributed by atoms with E-state index in [0.29, 0.717) is 5.06 Å². The standard InChI is InChI=1S/C8H12FN3O6S.Na/c9-6(7(13)14)18-12-4-1-2-5(19(10,16)17)11(3-4)8(12)15;/h4-6H,1-3H2,(H,13,14)(H2,10,16,17);/q;+1/p-1/t4-,5-,6+;/m1./s1. The number of nitrogens with zero attached hydrogens (tertiary/aromatic N) is 2. The van der Waals surface area contributed by atoms with Gasteiger partial charge in [-0.05, 0) is 12.8 Å². The number of sulfonamides is 1. The van der Waals surface area contributed by atoms with Gasteiger partial charge in [0.05, 0.1) is 6.04 Å². The second-order valence-electron chi connectivity index (χ2n) is 4.28. The molecule has 0 unspecified atom stereocenters. The SMILES string of the molecule is NS(=O)(=O)[C@@H]1CC[C@@H]2CN1C(=O)N2O[C@H](F)C(=O)[O-].[Na+]. The van der Waals surface area contributed by atoms with Gasteiger partial charge in [-0.25, -0.2) is 27.6 Å². The summed E-state index contributed by atoms with van der Waals surface area (Å²) in [6, 6.07) is -1.53. The fraction of sp³-hybridized carbons (Fsp3) is 0.750. The minimum atomic E-state index is -3.96. The maximum Gasteiger partial charge on any atom is 1.00 e. The molecule has 2 N–H and O–H groups in total. The molecule has 9 nitrogen and oxygen atoms in total. The van der Waals surface area contributed by atoms with Crippen LogP contribution in [0.15, 0.2) is 0 Å². The Hall–Kier alpha value is -0.460. The van der Waals surface area contributed by atoms with Crippen molar-refractivity contribution >= 4 is 22.0 Å². The molecule has 0 aromatic rings. The smallest absolute Gasteiger partial charge is 0.544 e. The van der Waals surface area contributed by atoms with E-state index in [1.165, 1.54) is 0 Å². The number of hydrogen-bond acceptors (Lipinski definition) is 6. The van der Waals surface area contributed by atoms with E-state index >= 15 is 0 Å². The fourth-order valence-electron chi connectivity index (χ4n) is 2.22. The van der Waals surface area contributed by atoms with Crippen LogP contribution in [0.3, 0.4) is 0 Å². The molecule has 2 rings (SSSR count). The van der Waals surface area contributed by atoms with Gasteiger partial charge in [0.15, 0.2) is 0 Å². The molecule has 2 aliphatic rings. The first-order valence-corrected chi connectivity index (χ1v) is 6.96. The summed E-state index contributed by atoms with van der Waals surface area (Å²) in [6.45, 7) is -0.0142. The Balaban J connectivity index is 0.00000200. The third-order valence-electron chi connectivity index (χ3n) is 3.04. The Bertz CT molecular complexity index is 516. The van der Waals surface area contributed by atoms with Crippen LogP contribution < -0.4 is 39.8 Å². The molecule has 0 spiro atoms. The van der Waals surface area contributed by atoms with Crippen molar-refractivity contribution in [1.82, 2.24) is 9.96 Å². The monoisotopic (exact) mass is 319 g/mol. The molecule has 12 heteroatoms. The van der Waals surface area contributed by atoms with Gasteiger partial charge < -0.3 is 14.8 Å². The Labute approximate surface area is 136 Å². The van der Waals surface area contributed by atoms with Crippen molar-refractivity contribution in [2.24, 2.45) is 5.14 Å². The zero-order valence-corrected chi connectivity index (χ0v) is 13.4. The number of carboxylic acids is 1. The topological polar surface area (TPSA) is 133 Å². The van der Waals surface area contributed by atoms with Gasteiger partial charge in [-0.1, -0.05) is 0 Å². The van der Waals surface area contributed by atoms with Crippen LogP contribution in [0, 0.1) is 0 Å². The molecule has 2 saturated heterocycles. The number of amides is 2. The number of rotatable bonds is 4. The third-order valence-corrected chi connectivity index (χ3v) is 4.29. The van der Waals surface area contributed by atoms with Gasteiger partial charge in [0.25, 0.3) is 6.36 Å². The molecule has 2 bridgehead atoms. The van der Waals surface area contributed by atoms with Crippen LogP contribution in [-0.2, 0) is 19.7 Å². The first-order valence-electron chi connectivity index (χ1n) is 5.35. The molecular weight excluding hydrogens is 308 g/mol.